The number of carbonyl (C=O) groups excluding carboxylic acids is 1. The fourth-order valence-electron chi connectivity index (χ4n) is 0.563. The normalized spacial score (nSPS) is 9.50. The molecule has 0 aliphatic rings. The molecule has 70 valence electrons. The van der Waals surface area contributed by atoms with Gasteiger partial charge in [-0.05, 0) is 13.3 Å². The van der Waals surface area contributed by atoms with Gasteiger partial charge in [0.1, 0.15) is 6.61 Å². The van der Waals surface area contributed by atoms with Gasteiger partial charge in [-0.25, -0.2) is 4.79 Å². The molecule has 0 aromatic heterocycles. The highest BCUT2D eigenvalue weighted by Crippen LogP contribution is 1.91. The van der Waals surface area contributed by atoms with Crippen LogP contribution in [0.1, 0.15) is 20.3 Å². The molecule has 12 heavy (non-hydrogen) atoms. The molecule has 0 unspecified atom stereocenters. The molecule has 0 spiro atoms. The lowest BCUT2D eigenvalue weighted by Gasteiger charge is -2.04. The highest BCUT2D eigenvalue weighted by molar-refractivity contribution is 5.86. The maximum absolute atomic E-state index is 10.8. The van der Waals surface area contributed by atoms with Crippen molar-refractivity contribution in [2.45, 2.75) is 20.3 Å². The largest absolute Gasteiger partial charge is 0.460 e. The Morgan fingerprint density at radius 3 is 2.50 bits per heavy atom. The molecular formula is C9H16O3. The van der Waals surface area contributed by atoms with Gasteiger partial charge in [0.25, 0.3) is 0 Å². The summed E-state index contributed by atoms with van der Waals surface area (Å²) in [7, 11) is 0. The molecule has 0 aliphatic heterocycles. The van der Waals surface area contributed by atoms with Gasteiger partial charge in [0.15, 0.2) is 0 Å². The van der Waals surface area contributed by atoms with Crippen molar-refractivity contribution in [3.05, 3.63) is 12.2 Å². The molecule has 0 fully saturated rings. The Labute approximate surface area is 73.4 Å². The molecule has 3 heteroatoms. The van der Waals surface area contributed by atoms with Crippen LogP contribution in [0.15, 0.2) is 12.2 Å². The van der Waals surface area contributed by atoms with Gasteiger partial charge in [0.2, 0.25) is 0 Å². The molecule has 0 saturated carbocycles. The maximum Gasteiger partial charge on any atom is 0.333 e. The lowest BCUT2D eigenvalue weighted by atomic mass is 10.4. The van der Waals surface area contributed by atoms with Gasteiger partial charge in [-0.1, -0.05) is 13.5 Å². The van der Waals surface area contributed by atoms with Crippen molar-refractivity contribution in [3.63, 3.8) is 0 Å². The maximum atomic E-state index is 10.8. The van der Waals surface area contributed by atoms with E-state index < -0.39 is 0 Å². The van der Waals surface area contributed by atoms with Gasteiger partial charge in [0.05, 0.1) is 6.61 Å². The first-order chi connectivity index (χ1) is 5.68. The Morgan fingerprint density at radius 1 is 1.33 bits per heavy atom. The quantitative estimate of drug-likeness (QED) is 0.346. The van der Waals surface area contributed by atoms with Crippen LogP contribution in [0.4, 0.5) is 0 Å². The number of hydrogen-bond donors (Lipinski definition) is 0. The Hall–Kier alpha value is -0.830. The first-order valence-corrected chi connectivity index (χ1v) is 4.08. The van der Waals surface area contributed by atoms with Crippen molar-refractivity contribution < 1.29 is 14.3 Å². The van der Waals surface area contributed by atoms with Crippen LogP contribution in [0.2, 0.25) is 0 Å². The van der Waals surface area contributed by atoms with Crippen molar-refractivity contribution in [1.29, 1.82) is 0 Å². The summed E-state index contributed by atoms with van der Waals surface area (Å²) in [5.74, 6) is -0.352. The van der Waals surface area contributed by atoms with Crippen LogP contribution in [-0.4, -0.2) is 25.8 Å². The molecule has 0 rings (SSSR count). The van der Waals surface area contributed by atoms with Crippen molar-refractivity contribution in [2.75, 3.05) is 19.8 Å². The van der Waals surface area contributed by atoms with Gasteiger partial charge in [-0.3, -0.25) is 0 Å². The van der Waals surface area contributed by atoms with E-state index in [1.54, 1.807) is 6.92 Å². The molecule has 0 amide bonds. The summed E-state index contributed by atoms with van der Waals surface area (Å²) in [6.07, 6.45) is 0.981. The summed E-state index contributed by atoms with van der Waals surface area (Å²) in [6, 6.07) is 0. The lowest BCUT2D eigenvalue weighted by Crippen LogP contribution is -2.11. The molecule has 0 radical (unpaired) electrons. The highest BCUT2D eigenvalue weighted by atomic mass is 16.6. The summed E-state index contributed by atoms with van der Waals surface area (Å²) in [6.45, 7) is 8.59. The number of carbonyl (C=O) groups is 1. The minimum atomic E-state index is -0.352. The average molecular weight is 172 g/mol. The van der Waals surface area contributed by atoms with Gasteiger partial charge in [-0.2, -0.15) is 0 Å². The van der Waals surface area contributed by atoms with E-state index in [1.165, 1.54) is 0 Å². The Kier molecular flexibility index (Phi) is 6.38. The highest BCUT2D eigenvalue weighted by Gasteiger charge is 2.01. The SMILES string of the molecule is C=C(C)C(=O)OCCOCCC. The van der Waals surface area contributed by atoms with E-state index in [2.05, 4.69) is 6.58 Å². The number of rotatable bonds is 6. The van der Waals surface area contributed by atoms with Crippen LogP contribution in [0, 0.1) is 0 Å². The average Bonchev–Trinajstić information content (AvgIpc) is 2.03. The molecular weight excluding hydrogens is 156 g/mol. The van der Waals surface area contributed by atoms with Gasteiger partial charge in [0, 0.05) is 12.2 Å². The van der Waals surface area contributed by atoms with Crippen molar-refractivity contribution >= 4 is 5.97 Å². The fraction of sp³-hybridized carbons (Fsp3) is 0.667. The third kappa shape index (κ3) is 5.92. The van der Waals surface area contributed by atoms with Crippen molar-refractivity contribution in [2.24, 2.45) is 0 Å². The van der Waals surface area contributed by atoms with E-state index in [1.807, 2.05) is 6.92 Å². The predicted molar refractivity (Wildman–Crippen MR) is 46.9 cm³/mol. The predicted octanol–water partition coefficient (Wildman–Crippen LogP) is 1.53. The molecule has 0 aromatic rings. The van der Waals surface area contributed by atoms with Crippen LogP contribution in [0.5, 0.6) is 0 Å². The summed E-state index contributed by atoms with van der Waals surface area (Å²) in [4.78, 5) is 10.8. The second-order valence-electron chi connectivity index (χ2n) is 2.53. The van der Waals surface area contributed by atoms with Crippen molar-refractivity contribution in [1.82, 2.24) is 0 Å². The third-order valence-electron chi connectivity index (χ3n) is 1.16. The zero-order chi connectivity index (χ0) is 9.40. The smallest absolute Gasteiger partial charge is 0.333 e. The third-order valence-corrected chi connectivity index (χ3v) is 1.16. The van der Waals surface area contributed by atoms with Crippen LogP contribution >= 0.6 is 0 Å². The minimum absolute atomic E-state index is 0.311. The second-order valence-corrected chi connectivity index (χ2v) is 2.53. The fourth-order valence-corrected chi connectivity index (χ4v) is 0.563. The first-order valence-electron chi connectivity index (χ1n) is 4.08. The standard InChI is InChI=1S/C9H16O3/c1-4-5-11-6-7-12-9(10)8(2)3/h2,4-7H2,1,3H3. The van der Waals surface area contributed by atoms with Crippen molar-refractivity contribution in [3.8, 4) is 0 Å². The first kappa shape index (κ1) is 11.2. The van der Waals surface area contributed by atoms with E-state index in [0.29, 0.717) is 25.4 Å². The van der Waals surface area contributed by atoms with E-state index >= 15 is 0 Å². The summed E-state index contributed by atoms with van der Waals surface area (Å²) >= 11 is 0. The molecule has 0 bridgehead atoms. The van der Waals surface area contributed by atoms with Crippen LogP contribution in [0.3, 0.4) is 0 Å². The van der Waals surface area contributed by atoms with Crippen LogP contribution in [0.25, 0.3) is 0 Å². The molecule has 3 nitrogen and oxygen atoms in total. The zero-order valence-corrected chi connectivity index (χ0v) is 7.76. The van der Waals surface area contributed by atoms with E-state index in [-0.39, 0.29) is 5.97 Å². The van der Waals surface area contributed by atoms with Gasteiger partial charge >= 0.3 is 5.97 Å². The molecule has 0 N–H and O–H groups in total. The minimum Gasteiger partial charge on any atom is -0.460 e. The number of hydrogen-bond acceptors (Lipinski definition) is 3. The molecule has 0 aromatic carbocycles. The van der Waals surface area contributed by atoms with E-state index in [0.717, 1.165) is 6.42 Å². The topological polar surface area (TPSA) is 35.5 Å². The van der Waals surface area contributed by atoms with E-state index in [9.17, 15) is 4.79 Å². The Morgan fingerprint density at radius 2 is 2.00 bits per heavy atom. The molecule has 0 aliphatic carbocycles. The number of esters is 1. The van der Waals surface area contributed by atoms with E-state index in [4.69, 9.17) is 9.47 Å². The number of ether oxygens (including phenoxy) is 2. The molecule has 0 saturated heterocycles. The van der Waals surface area contributed by atoms with Crippen LogP contribution < -0.4 is 0 Å². The Bertz CT molecular complexity index is 152. The monoisotopic (exact) mass is 172 g/mol. The van der Waals surface area contributed by atoms with Gasteiger partial charge in [-0.15, -0.1) is 0 Å². The Balaban J connectivity index is 3.20. The zero-order valence-electron chi connectivity index (χ0n) is 7.76. The lowest BCUT2D eigenvalue weighted by molar-refractivity contribution is -0.140. The molecule has 0 atom stereocenters. The van der Waals surface area contributed by atoms with Gasteiger partial charge < -0.3 is 9.47 Å². The molecule has 0 heterocycles. The summed E-state index contributed by atoms with van der Waals surface area (Å²) < 4.78 is 9.89. The van der Waals surface area contributed by atoms with Crippen LogP contribution in [-0.2, 0) is 14.3 Å². The summed E-state index contributed by atoms with van der Waals surface area (Å²) in [5, 5.41) is 0. The second kappa shape index (κ2) is 6.85. The summed E-state index contributed by atoms with van der Waals surface area (Å²) in [5.41, 5.74) is 0.422.